The molecule has 0 amide bonds. The molecule has 0 heterocycles. The molecule has 0 aliphatic heterocycles. The highest BCUT2D eigenvalue weighted by molar-refractivity contribution is 7.98. The molecule has 1 fully saturated rings. The second kappa shape index (κ2) is 4.30. The Balaban J connectivity index is 2.41. The van der Waals surface area contributed by atoms with Crippen molar-refractivity contribution in [3.63, 3.8) is 0 Å². The van der Waals surface area contributed by atoms with Crippen LogP contribution in [-0.2, 0) is 5.41 Å². The van der Waals surface area contributed by atoms with Gasteiger partial charge in [0.25, 0.3) is 0 Å². The summed E-state index contributed by atoms with van der Waals surface area (Å²) in [6.45, 7) is 2.09. The Bertz CT molecular complexity index is 386. The number of hydrogen-bond acceptors (Lipinski definition) is 3. The molecule has 0 radical (unpaired) electrons. The van der Waals surface area contributed by atoms with E-state index in [0.29, 0.717) is 0 Å². The topological polar surface area (TPSA) is 35.2 Å². The van der Waals surface area contributed by atoms with Crippen LogP contribution in [0.5, 0.6) is 5.75 Å². The van der Waals surface area contributed by atoms with E-state index in [9.17, 15) is 0 Å². The SMILES string of the molecule is COc1cc(SC)ccc1C1(C(C)N)CC1. The molecule has 1 aromatic rings. The zero-order valence-corrected chi connectivity index (χ0v) is 10.9. The molecule has 1 unspecified atom stereocenters. The molecule has 0 saturated heterocycles. The van der Waals surface area contributed by atoms with Gasteiger partial charge in [0.15, 0.2) is 0 Å². The van der Waals surface area contributed by atoms with Crippen molar-refractivity contribution in [1.29, 1.82) is 0 Å². The van der Waals surface area contributed by atoms with E-state index in [1.165, 1.54) is 23.3 Å². The Kier molecular flexibility index (Phi) is 3.17. The van der Waals surface area contributed by atoms with Gasteiger partial charge in [-0.3, -0.25) is 0 Å². The first-order valence-corrected chi connectivity index (χ1v) is 6.84. The highest BCUT2D eigenvalue weighted by Crippen LogP contribution is 2.53. The van der Waals surface area contributed by atoms with Crippen molar-refractivity contribution in [3.8, 4) is 5.75 Å². The zero-order chi connectivity index (χ0) is 11.8. The van der Waals surface area contributed by atoms with Gasteiger partial charge in [-0.15, -0.1) is 11.8 Å². The third kappa shape index (κ3) is 1.82. The van der Waals surface area contributed by atoms with Crippen LogP contribution in [0.4, 0.5) is 0 Å². The number of nitrogens with two attached hydrogens (primary N) is 1. The average molecular weight is 237 g/mol. The van der Waals surface area contributed by atoms with E-state index in [1.807, 2.05) is 0 Å². The fourth-order valence-corrected chi connectivity index (χ4v) is 2.74. The Morgan fingerprint density at radius 2 is 2.12 bits per heavy atom. The first-order valence-electron chi connectivity index (χ1n) is 5.62. The fourth-order valence-electron chi connectivity index (χ4n) is 2.31. The monoisotopic (exact) mass is 237 g/mol. The van der Waals surface area contributed by atoms with E-state index >= 15 is 0 Å². The number of hydrogen-bond donors (Lipinski definition) is 1. The van der Waals surface area contributed by atoms with Crippen LogP contribution in [0.1, 0.15) is 25.3 Å². The van der Waals surface area contributed by atoms with Gasteiger partial charge in [0, 0.05) is 21.9 Å². The molecular weight excluding hydrogens is 218 g/mol. The molecule has 88 valence electrons. The lowest BCUT2D eigenvalue weighted by Crippen LogP contribution is -2.31. The van der Waals surface area contributed by atoms with Crippen LogP contribution in [0.25, 0.3) is 0 Å². The van der Waals surface area contributed by atoms with Crippen LogP contribution in [0, 0.1) is 0 Å². The minimum atomic E-state index is 0.169. The molecule has 2 rings (SSSR count). The molecule has 1 aromatic carbocycles. The lowest BCUT2D eigenvalue weighted by molar-refractivity contribution is 0.397. The number of rotatable bonds is 4. The predicted molar refractivity (Wildman–Crippen MR) is 69.3 cm³/mol. The maximum Gasteiger partial charge on any atom is 0.123 e. The number of thioether (sulfide) groups is 1. The van der Waals surface area contributed by atoms with Gasteiger partial charge in [-0.05, 0) is 38.2 Å². The first-order chi connectivity index (χ1) is 7.64. The summed E-state index contributed by atoms with van der Waals surface area (Å²) in [6.07, 6.45) is 4.44. The first kappa shape index (κ1) is 11.8. The van der Waals surface area contributed by atoms with E-state index in [4.69, 9.17) is 10.5 Å². The summed E-state index contributed by atoms with van der Waals surface area (Å²) in [7, 11) is 1.74. The third-order valence-corrected chi connectivity index (χ3v) is 4.33. The highest BCUT2D eigenvalue weighted by atomic mass is 32.2. The minimum Gasteiger partial charge on any atom is -0.496 e. The van der Waals surface area contributed by atoms with Gasteiger partial charge in [-0.1, -0.05) is 6.07 Å². The fraction of sp³-hybridized carbons (Fsp3) is 0.538. The normalized spacial score (nSPS) is 19.2. The molecule has 0 bridgehead atoms. The number of benzene rings is 1. The quantitative estimate of drug-likeness (QED) is 0.818. The van der Waals surface area contributed by atoms with Crippen molar-refractivity contribution in [2.24, 2.45) is 5.73 Å². The van der Waals surface area contributed by atoms with Crippen LogP contribution >= 0.6 is 11.8 Å². The standard InChI is InChI=1S/C13H19NOS/c1-9(14)13(6-7-13)11-5-4-10(16-3)8-12(11)15-2/h4-5,8-9H,6-7,14H2,1-3H3. The van der Waals surface area contributed by atoms with Gasteiger partial charge in [-0.2, -0.15) is 0 Å². The second-order valence-corrected chi connectivity index (χ2v) is 5.39. The summed E-state index contributed by atoms with van der Waals surface area (Å²) in [4.78, 5) is 1.24. The second-order valence-electron chi connectivity index (χ2n) is 4.51. The summed E-state index contributed by atoms with van der Waals surface area (Å²) in [5, 5.41) is 0. The summed E-state index contributed by atoms with van der Waals surface area (Å²) in [6, 6.07) is 6.65. The molecule has 16 heavy (non-hydrogen) atoms. The Hall–Kier alpha value is -0.670. The van der Waals surface area contributed by atoms with E-state index in [0.717, 1.165) is 5.75 Å². The van der Waals surface area contributed by atoms with Crippen LogP contribution in [-0.4, -0.2) is 19.4 Å². The molecular formula is C13H19NOS. The van der Waals surface area contributed by atoms with E-state index in [1.54, 1.807) is 18.9 Å². The highest BCUT2D eigenvalue weighted by Gasteiger charge is 2.49. The van der Waals surface area contributed by atoms with Crippen molar-refractivity contribution in [2.45, 2.75) is 36.1 Å². The molecule has 1 saturated carbocycles. The Labute approximate surface area is 102 Å². The van der Waals surface area contributed by atoms with Crippen molar-refractivity contribution in [1.82, 2.24) is 0 Å². The lowest BCUT2D eigenvalue weighted by Gasteiger charge is -2.22. The zero-order valence-electron chi connectivity index (χ0n) is 10.1. The molecule has 0 spiro atoms. The molecule has 3 heteroatoms. The van der Waals surface area contributed by atoms with Gasteiger partial charge < -0.3 is 10.5 Å². The van der Waals surface area contributed by atoms with Gasteiger partial charge >= 0.3 is 0 Å². The van der Waals surface area contributed by atoms with Crippen molar-refractivity contribution in [2.75, 3.05) is 13.4 Å². The maximum atomic E-state index is 6.10. The molecule has 1 aliphatic carbocycles. The summed E-state index contributed by atoms with van der Waals surface area (Å²) >= 11 is 1.74. The average Bonchev–Trinajstić information content (AvgIpc) is 3.09. The van der Waals surface area contributed by atoms with E-state index < -0.39 is 0 Å². The van der Waals surface area contributed by atoms with Crippen molar-refractivity contribution in [3.05, 3.63) is 23.8 Å². The smallest absolute Gasteiger partial charge is 0.123 e. The molecule has 1 aliphatic rings. The number of methoxy groups -OCH3 is 1. The molecule has 0 aromatic heterocycles. The van der Waals surface area contributed by atoms with E-state index in [2.05, 4.69) is 31.4 Å². The molecule has 2 nitrogen and oxygen atoms in total. The van der Waals surface area contributed by atoms with E-state index in [-0.39, 0.29) is 11.5 Å². The maximum absolute atomic E-state index is 6.10. The Morgan fingerprint density at radius 1 is 1.44 bits per heavy atom. The summed E-state index contributed by atoms with van der Waals surface area (Å²) in [5.74, 6) is 0.988. The summed E-state index contributed by atoms with van der Waals surface area (Å²) < 4.78 is 5.50. The molecule has 2 N–H and O–H groups in total. The number of ether oxygens (including phenoxy) is 1. The van der Waals surface area contributed by atoms with Gasteiger partial charge in [0.1, 0.15) is 5.75 Å². The minimum absolute atomic E-state index is 0.169. The van der Waals surface area contributed by atoms with Crippen LogP contribution in [0.2, 0.25) is 0 Å². The van der Waals surface area contributed by atoms with Crippen LogP contribution in [0.3, 0.4) is 0 Å². The van der Waals surface area contributed by atoms with Crippen molar-refractivity contribution < 1.29 is 4.74 Å². The lowest BCUT2D eigenvalue weighted by atomic mass is 9.89. The van der Waals surface area contributed by atoms with Crippen LogP contribution < -0.4 is 10.5 Å². The summed E-state index contributed by atoms with van der Waals surface area (Å²) in [5.41, 5.74) is 7.55. The molecule has 1 atom stereocenters. The largest absolute Gasteiger partial charge is 0.496 e. The van der Waals surface area contributed by atoms with Gasteiger partial charge in [-0.25, -0.2) is 0 Å². The predicted octanol–water partition coefficient (Wildman–Crippen LogP) is 2.80. The Morgan fingerprint density at radius 3 is 2.56 bits per heavy atom. The van der Waals surface area contributed by atoms with Gasteiger partial charge in [0.2, 0.25) is 0 Å². The van der Waals surface area contributed by atoms with Crippen molar-refractivity contribution >= 4 is 11.8 Å². The van der Waals surface area contributed by atoms with Gasteiger partial charge in [0.05, 0.1) is 7.11 Å². The van der Waals surface area contributed by atoms with Crippen LogP contribution in [0.15, 0.2) is 23.1 Å². The third-order valence-electron chi connectivity index (χ3n) is 3.61.